The lowest BCUT2D eigenvalue weighted by molar-refractivity contribution is 0.0977. The van der Waals surface area contributed by atoms with Crippen LogP contribution < -0.4 is 15.4 Å². The first-order valence-corrected chi connectivity index (χ1v) is 9.90. The zero-order valence-corrected chi connectivity index (χ0v) is 17.2. The molecule has 0 saturated carbocycles. The summed E-state index contributed by atoms with van der Waals surface area (Å²) in [5, 5.41) is 5.91. The molecule has 4 nitrogen and oxygen atoms in total. The number of hydrogen-bond donors (Lipinski definition) is 2. The molecule has 0 fully saturated rings. The van der Waals surface area contributed by atoms with Crippen LogP contribution in [0.25, 0.3) is 0 Å². The van der Waals surface area contributed by atoms with Crippen LogP contribution in [-0.2, 0) is 0 Å². The summed E-state index contributed by atoms with van der Waals surface area (Å²) in [4.78, 5) is 12.3. The molecule has 138 valence electrons. The Morgan fingerprint density at radius 3 is 2.58 bits per heavy atom. The van der Waals surface area contributed by atoms with Gasteiger partial charge in [-0.1, -0.05) is 44.4 Å². The molecular formula is C20H23BrN2O2S. The molecule has 0 atom stereocenters. The van der Waals surface area contributed by atoms with Gasteiger partial charge in [-0.2, -0.15) is 0 Å². The Kier molecular flexibility index (Phi) is 8.58. The van der Waals surface area contributed by atoms with Gasteiger partial charge in [-0.25, -0.2) is 0 Å². The lowest BCUT2D eigenvalue weighted by Crippen LogP contribution is -2.34. The molecule has 0 spiro atoms. The Morgan fingerprint density at radius 2 is 1.88 bits per heavy atom. The number of carbonyl (C=O) groups is 1. The first kappa shape index (κ1) is 20.4. The number of unbranched alkanes of at least 4 members (excludes halogenated alkanes) is 3. The average Bonchev–Trinajstić information content (AvgIpc) is 2.63. The molecule has 0 aliphatic rings. The molecule has 2 rings (SSSR count). The second-order valence-corrected chi connectivity index (χ2v) is 7.09. The number of para-hydroxylation sites is 1. The number of halogens is 1. The molecule has 2 N–H and O–H groups in total. The number of nitrogens with one attached hydrogen (secondary N) is 2. The summed E-state index contributed by atoms with van der Waals surface area (Å²) in [6.07, 6.45) is 4.62. The third kappa shape index (κ3) is 6.77. The molecule has 6 heteroatoms. The number of anilines is 1. The standard InChI is InChI=1S/C20H23BrN2O2S/c1-2-3-4-8-13-25-18-12-11-15(14-17(18)21)19(24)23-20(26)22-16-9-6-5-7-10-16/h5-7,9-12,14H,2-4,8,13H2,1H3,(H2,22,23,24,26). The van der Waals surface area contributed by atoms with Gasteiger partial charge < -0.3 is 10.1 Å². The van der Waals surface area contributed by atoms with Gasteiger partial charge in [0.25, 0.3) is 5.91 Å². The Hall–Kier alpha value is -1.92. The van der Waals surface area contributed by atoms with Crippen molar-refractivity contribution in [2.45, 2.75) is 32.6 Å². The quantitative estimate of drug-likeness (QED) is 0.423. The highest BCUT2D eigenvalue weighted by Crippen LogP contribution is 2.26. The summed E-state index contributed by atoms with van der Waals surface area (Å²) in [5.41, 5.74) is 1.33. The van der Waals surface area contributed by atoms with Gasteiger partial charge in [0, 0.05) is 11.3 Å². The predicted molar refractivity (Wildman–Crippen MR) is 114 cm³/mol. The van der Waals surface area contributed by atoms with E-state index >= 15 is 0 Å². The Balaban J connectivity index is 1.86. The van der Waals surface area contributed by atoms with Crippen LogP contribution in [0.5, 0.6) is 5.75 Å². The minimum absolute atomic E-state index is 0.258. The van der Waals surface area contributed by atoms with Gasteiger partial charge in [0.05, 0.1) is 11.1 Å². The van der Waals surface area contributed by atoms with Gasteiger partial charge in [0.1, 0.15) is 5.75 Å². The lowest BCUT2D eigenvalue weighted by atomic mass is 10.2. The summed E-state index contributed by atoms with van der Waals surface area (Å²) in [6, 6.07) is 14.7. The monoisotopic (exact) mass is 434 g/mol. The molecule has 0 unspecified atom stereocenters. The number of amides is 1. The third-order valence-corrected chi connectivity index (χ3v) is 4.53. The van der Waals surface area contributed by atoms with E-state index in [1.807, 2.05) is 30.3 Å². The van der Waals surface area contributed by atoms with E-state index in [1.54, 1.807) is 18.2 Å². The number of ether oxygens (including phenoxy) is 1. The minimum Gasteiger partial charge on any atom is -0.492 e. The molecular weight excluding hydrogens is 412 g/mol. The van der Waals surface area contributed by atoms with Crippen molar-refractivity contribution in [1.29, 1.82) is 0 Å². The van der Waals surface area contributed by atoms with Gasteiger partial charge in [0.15, 0.2) is 5.11 Å². The fourth-order valence-electron chi connectivity index (χ4n) is 2.33. The summed E-state index contributed by atoms with van der Waals surface area (Å²) in [5.74, 6) is 0.469. The van der Waals surface area contributed by atoms with Crippen molar-refractivity contribution in [2.24, 2.45) is 0 Å². The van der Waals surface area contributed by atoms with Crippen LogP contribution >= 0.6 is 28.1 Å². The SMILES string of the molecule is CCCCCCOc1ccc(C(=O)NC(=S)Nc2ccccc2)cc1Br. The first-order valence-electron chi connectivity index (χ1n) is 8.70. The molecule has 0 radical (unpaired) electrons. The molecule has 2 aromatic rings. The maximum atomic E-state index is 12.3. The Morgan fingerprint density at radius 1 is 1.12 bits per heavy atom. The van der Waals surface area contributed by atoms with Crippen LogP contribution in [0.2, 0.25) is 0 Å². The van der Waals surface area contributed by atoms with Gasteiger partial charge in [-0.15, -0.1) is 0 Å². The van der Waals surface area contributed by atoms with Gasteiger partial charge >= 0.3 is 0 Å². The minimum atomic E-state index is -0.270. The van der Waals surface area contributed by atoms with Crippen LogP contribution in [0.15, 0.2) is 53.0 Å². The summed E-state index contributed by atoms with van der Waals surface area (Å²) in [7, 11) is 0. The van der Waals surface area contributed by atoms with E-state index in [1.165, 1.54) is 19.3 Å². The zero-order valence-electron chi connectivity index (χ0n) is 14.8. The van der Waals surface area contributed by atoms with E-state index in [9.17, 15) is 4.79 Å². The average molecular weight is 435 g/mol. The number of carbonyl (C=O) groups excluding carboxylic acids is 1. The van der Waals surface area contributed by atoms with Gasteiger partial charge in [-0.3, -0.25) is 10.1 Å². The van der Waals surface area contributed by atoms with E-state index in [-0.39, 0.29) is 11.0 Å². The van der Waals surface area contributed by atoms with E-state index in [0.29, 0.717) is 12.2 Å². The highest BCUT2D eigenvalue weighted by Gasteiger charge is 2.11. The molecule has 0 heterocycles. The Bertz CT molecular complexity index is 738. The summed E-state index contributed by atoms with van der Waals surface area (Å²) >= 11 is 8.65. The van der Waals surface area contributed by atoms with Crippen molar-refractivity contribution in [1.82, 2.24) is 5.32 Å². The maximum Gasteiger partial charge on any atom is 0.257 e. The predicted octanol–water partition coefficient (Wildman–Crippen LogP) is 5.54. The third-order valence-electron chi connectivity index (χ3n) is 3.71. The highest BCUT2D eigenvalue weighted by molar-refractivity contribution is 9.10. The van der Waals surface area contributed by atoms with Crippen molar-refractivity contribution >= 4 is 44.9 Å². The molecule has 0 saturated heterocycles. The van der Waals surface area contributed by atoms with Crippen molar-refractivity contribution in [3.63, 3.8) is 0 Å². The van der Waals surface area contributed by atoms with E-state index in [0.717, 1.165) is 22.3 Å². The molecule has 26 heavy (non-hydrogen) atoms. The van der Waals surface area contributed by atoms with Crippen LogP contribution in [0.1, 0.15) is 43.0 Å². The normalized spacial score (nSPS) is 10.2. The largest absolute Gasteiger partial charge is 0.492 e. The summed E-state index contributed by atoms with van der Waals surface area (Å²) in [6.45, 7) is 2.86. The van der Waals surface area contributed by atoms with Crippen LogP contribution in [0, 0.1) is 0 Å². The van der Waals surface area contributed by atoms with E-state index in [4.69, 9.17) is 17.0 Å². The van der Waals surface area contributed by atoms with E-state index < -0.39 is 0 Å². The van der Waals surface area contributed by atoms with Crippen LogP contribution in [-0.4, -0.2) is 17.6 Å². The maximum absolute atomic E-state index is 12.3. The molecule has 0 bridgehead atoms. The van der Waals surface area contributed by atoms with Gasteiger partial charge in [-0.05, 0) is 64.9 Å². The highest BCUT2D eigenvalue weighted by atomic mass is 79.9. The fraction of sp³-hybridized carbons (Fsp3) is 0.300. The molecule has 1 amide bonds. The zero-order chi connectivity index (χ0) is 18.8. The number of hydrogen-bond acceptors (Lipinski definition) is 3. The molecule has 0 aliphatic heterocycles. The van der Waals surface area contributed by atoms with Crippen molar-refractivity contribution < 1.29 is 9.53 Å². The second-order valence-electron chi connectivity index (χ2n) is 5.83. The summed E-state index contributed by atoms with van der Waals surface area (Å²) < 4.78 is 6.51. The molecule has 0 aromatic heterocycles. The molecule has 2 aromatic carbocycles. The number of benzene rings is 2. The smallest absolute Gasteiger partial charge is 0.257 e. The van der Waals surface area contributed by atoms with Gasteiger partial charge in [0.2, 0.25) is 0 Å². The topological polar surface area (TPSA) is 50.4 Å². The van der Waals surface area contributed by atoms with Crippen molar-refractivity contribution in [3.8, 4) is 5.75 Å². The second kappa shape index (κ2) is 10.9. The van der Waals surface area contributed by atoms with Crippen molar-refractivity contribution in [3.05, 3.63) is 58.6 Å². The van der Waals surface area contributed by atoms with Crippen LogP contribution in [0.4, 0.5) is 5.69 Å². The number of thiocarbonyl (C=S) groups is 1. The molecule has 0 aliphatic carbocycles. The number of rotatable bonds is 8. The van der Waals surface area contributed by atoms with Crippen LogP contribution in [0.3, 0.4) is 0 Å². The van der Waals surface area contributed by atoms with E-state index in [2.05, 4.69) is 33.5 Å². The lowest BCUT2D eigenvalue weighted by Gasteiger charge is -2.11. The Labute approximate surface area is 168 Å². The first-order chi connectivity index (χ1) is 12.6. The fourth-order valence-corrected chi connectivity index (χ4v) is 3.03. The van der Waals surface area contributed by atoms with Crippen molar-refractivity contribution in [2.75, 3.05) is 11.9 Å².